The van der Waals surface area contributed by atoms with E-state index in [0.29, 0.717) is 22.2 Å². The van der Waals surface area contributed by atoms with Crippen LogP contribution in [0, 0.1) is 5.92 Å². The summed E-state index contributed by atoms with van der Waals surface area (Å²) in [5, 5.41) is 3.12. The molecular formula is C13H19ClN2O3. The lowest BCUT2D eigenvalue weighted by molar-refractivity contribution is -0.118. The van der Waals surface area contributed by atoms with E-state index in [-0.39, 0.29) is 11.8 Å². The second kappa shape index (κ2) is 6.63. The molecule has 1 rings (SSSR count). The number of methoxy groups -OCH3 is 2. The molecule has 0 saturated carbocycles. The number of nitrogens with two attached hydrogens (primary N) is 1. The summed E-state index contributed by atoms with van der Waals surface area (Å²) < 4.78 is 10.3. The van der Waals surface area contributed by atoms with Crippen molar-refractivity contribution >= 4 is 23.2 Å². The molecule has 0 bridgehead atoms. The number of carbonyl (C=O) groups excluding carboxylic acids is 1. The van der Waals surface area contributed by atoms with E-state index in [1.807, 2.05) is 13.8 Å². The Morgan fingerprint density at radius 3 is 2.32 bits per heavy atom. The van der Waals surface area contributed by atoms with Gasteiger partial charge in [-0.25, -0.2) is 0 Å². The number of carbonyl (C=O) groups is 1. The third kappa shape index (κ3) is 3.75. The average molecular weight is 287 g/mol. The number of amides is 1. The minimum absolute atomic E-state index is 0.0418. The fourth-order valence-corrected chi connectivity index (χ4v) is 1.71. The topological polar surface area (TPSA) is 73.6 Å². The van der Waals surface area contributed by atoms with Crippen molar-refractivity contribution in [2.75, 3.05) is 19.5 Å². The van der Waals surface area contributed by atoms with Gasteiger partial charge in [-0.15, -0.1) is 0 Å². The van der Waals surface area contributed by atoms with E-state index in [4.69, 9.17) is 26.8 Å². The quantitative estimate of drug-likeness (QED) is 0.871. The molecule has 1 aromatic carbocycles. The zero-order valence-corrected chi connectivity index (χ0v) is 12.2. The van der Waals surface area contributed by atoms with Crippen LogP contribution in [0.25, 0.3) is 0 Å². The zero-order valence-electron chi connectivity index (χ0n) is 11.5. The minimum atomic E-state index is -0.591. The summed E-state index contributed by atoms with van der Waals surface area (Å²) in [6, 6.07) is 2.59. The number of hydrogen-bond acceptors (Lipinski definition) is 4. The number of anilines is 1. The number of hydrogen-bond donors (Lipinski definition) is 2. The lowest BCUT2D eigenvalue weighted by Gasteiger charge is -2.17. The highest BCUT2D eigenvalue weighted by atomic mass is 35.5. The van der Waals surface area contributed by atoms with Gasteiger partial charge in [-0.05, 0) is 5.92 Å². The van der Waals surface area contributed by atoms with Gasteiger partial charge in [-0.3, -0.25) is 4.79 Å². The van der Waals surface area contributed by atoms with Crippen LogP contribution in [0.4, 0.5) is 5.69 Å². The molecule has 6 heteroatoms. The van der Waals surface area contributed by atoms with Gasteiger partial charge in [0.2, 0.25) is 5.91 Å². The van der Waals surface area contributed by atoms with Crippen LogP contribution in [0.15, 0.2) is 12.1 Å². The molecule has 0 fully saturated rings. The summed E-state index contributed by atoms with van der Waals surface area (Å²) in [4.78, 5) is 11.9. The van der Waals surface area contributed by atoms with Crippen molar-refractivity contribution in [3.63, 3.8) is 0 Å². The molecule has 1 aromatic rings. The third-order valence-corrected chi connectivity index (χ3v) is 3.05. The van der Waals surface area contributed by atoms with Crippen LogP contribution in [0.2, 0.25) is 5.02 Å². The van der Waals surface area contributed by atoms with E-state index in [1.54, 1.807) is 12.1 Å². The second-order valence-corrected chi connectivity index (χ2v) is 4.85. The molecule has 19 heavy (non-hydrogen) atoms. The molecule has 0 radical (unpaired) electrons. The van der Waals surface area contributed by atoms with Crippen molar-refractivity contribution in [2.45, 2.75) is 19.9 Å². The predicted molar refractivity (Wildman–Crippen MR) is 76.0 cm³/mol. The van der Waals surface area contributed by atoms with E-state index in [0.717, 1.165) is 0 Å². The van der Waals surface area contributed by atoms with E-state index >= 15 is 0 Å². The zero-order chi connectivity index (χ0) is 14.6. The standard InChI is InChI=1S/C13H19ClN2O3/c1-7(2)12(15)13(17)16-9-6-10(18-3)8(14)5-11(9)19-4/h5-7,12H,15H2,1-4H3,(H,16,17)/t12-/m1/s1. The summed E-state index contributed by atoms with van der Waals surface area (Å²) >= 11 is 5.99. The van der Waals surface area contributed by atoms with E-state index in [2.05, 4.69) is 5.32 Å². The maximum Gasteiger partial charge on any atom is 0.241 e. The number of halogens is 1. The second-order valence-electron chi connectivity index (χ2n) is 4.45. The van der Waals surface area contributed by atoms with Gasteiger partial charge >= 0.3 is 0 Å². The first-order valence-corrected chi connectivity index (χ1v) is 6.26. The highest BCUT2D eigenvalue weighted by Crippen LogP contribution is 2.35. The van der Waals surface area contributed by atoms with Crippen molar-refractivity contribution in [1.29, 1.82) is 0 Å². The SMILES string of the molecule is COc1cc(NC(=O)[C@H](N)C(C)C)c(OC)cc1Cl. The molecule has 5 nitrogen and oxygen atoms in total. The first-order chi connectivity index (χ1) is 8.90. The Bertz CT molecular complexity index is 463. The van der Waals surface area contributed by atoms with Gasteiger partial charge in [0.25, 0.3) is 0 Å². The van der Waals surface area contributed by atoms with Gasteiger partial charge in [0.05, 0.1) is 31.0 Å². The Balaban J connectivity index is 3.02. The summed E-state index contributed by atoms with van der Waals surface area (Å²) in [6.07, 6.45) is 0. The third-order valence-electron chi connectivity index (χ3n) is 2.75. The van der Waals surface area contributed by atoms with Crippen LogP contribution in [0.1, 0.15) is 13.8 Å². The summed E-state index contributed by atoms with van der Waals surface area (Å²) in [6.45, 7) is 3.76. The van der Waals surface area contributed by atoms with Crippen molar-refractivity contribution in [3.8, 4) is 11.5 Å². The molecule has 0 aliphatic carbocycles. The molecule has 0 saturated heterocycles. The van der Waals surface area contributed by atoms with Gasteiger partial charge in [0.1, 0.15) is 11.5 Å². The maximum absolute atomic E-state index is 11.9. The number of rotatable bonds is 5. The van der Waals surface area contributed by atoms with Crippen molar-refractivity contribution in [1.82, 2.24) is 0 Å². The van der Waals surface area contributed by atoms with Gasteiger partial charge < -0.3 is 20.5 Å². The van der Waals surface area contributed by atoms with E-state index in [9.17, 15) is 4.79 Å². The van der Waals surface area contributed by atoms with E-state index in [1.165, 1.54) is 14.2 Å². The van der Waals surface area contributed by atoms with E-state index < -0.39 is 6.04 Å². The Labute approximate surface area is 118 Å². The Morgan fingerprint density at radius 1 is 1.26 bits per heavy atom. The molecule has 0 aliphatic rings. The average Bonchev–Trinajstić information content (AvgIpc) is 2.38. The molecule has 3 N–H and O–H groups in total. The Morgan fingerprint density at radius 2 is 1.84 bits per heavy atom. The summed E-state index contributed by atoms with van der Waals surface area (Å²) in [7, 11) is 3.00. The lowest BCUT2D eigenvalue weighted by atomic mass is 10.0. The van der Waals surface area contributed by atoms with Crippen LogP contribution in [-0.2, 0) is 4.79 Å². The maximum atomic E-state index is 11.9. The van der Waals surface area contributed by atoms with Crippen LogP contribution in [0.5, 0.6) is 11.5 Å². The molecule has 0 spiro atoms. The lowest BCUT2D eigenvalue weighted by Crippen LogP contribution is -2.39. The minimum Gasteiger partial charge on any atom is -0.495 e. The van der Waals surface area contributed by atoms with Crippen molar-refractivity contribution in [3.05, 3.63) is 17.2 Å². The van der Waals surface area contributed by atoms with Gasteiger partial charge in [-0.1, -0.05) is 25.4 Å². The number of nitrogens with one attached hydrogen (secondary N) is 1. The van der Waals surface area contributed by atoms with Crippen LogP contribution in [0.3, 0.4) is 0 Å². The fourth-order valence-electron chi connectivity index (χ4n) is 1.48. The normalized spacial score (nSPS) is 12.2. The smallest absolute Gasteiger partial charge is 0.241 e. The van der Waals surface area contributed by atoms with Crippen LogP contribution in [-0.4, -0.2) is 26.2 Å². The van der Waals surface area contributed by atoms with Crippen molar-refractivity contribution < 1.29 is 14.3 Å². The summed E-state index contributed by atoms with van der Waals surface area (Å²) in [5.74, 6) is 0.670. The predicted octanol–water partition coefficient (Wildman–Crippen LogP) is 2.28. The van der Waals surface area contributed by atoms with Gasteiger partial charge in [0.15, 0.2) is 0 Å². The molecule has 0 unspecified atom stereocenters. The first-order valence-electron chi connectivity index (χ1n) is 5.88. The highest BCUT2D eigenvalue weighted by molar-refractivity contribution is 6.32. The number of ether oxygens (including phenoxy) is 2. The molecule has 0 aromatic heterocycles. The van der Waals surface area contributed by atoms with Crippen LogP contribution < -0.4 is 20.5 Å². The summed E-state index contributed by atoms with van der Waals surface area (Å²) in [5.41, 5.74) is 6.27. The van der Waals surface area contributed by atoms with Gasteiger partial charge in [-0.2, -0.15) is 0 Å². The molecule has 0 heterocycles. The molecule has 106 valence electrons. The Kier molecular flexibility index (Phi) is 5.44. The largest absolute Gasteiger partial charge is 0.495 e. The first kappa shape index (κ1) is 15.6. The van der Waals surface area contributed by atoms with Crippen LogP contribution >= 0.6 is 11.6 Å². The molecule has 1 amide bonds. The monoisotopic (exact) mass is 286 g/mol. The number of benzene rings is 1. The van der Waals surface area contributed by atoms with Crippen molar-refractivity contribution in [2.24, 2.45) is 11.7 Å². The highest BCUT2D eigenvalue weighted by Gasteiger charge is 2.19. The molecule has 0 aliphatic heterocycles. The fraction of sp³-hybridized carbons (Fsp3) is 0.462. The Hall–Kier alpha value is -1.46. The molecule has 1 atom stereocenters. The van der Waals surface area contributed by atoms with Gasteiger partial charge in [0, 0.05) is 12.1 Å². The molecular weight excluding hydrogens is 268 g/mol.